The smallest absolute Gasteiger partial charge is 0.259 e. The van der Waals surface area contributed by atoms with Crippen LogP contribution in [0.1, 0.15) is 47.5 Å². The molecule has 0 saturated carbocycles. The zero-order valence-corrected chi connectivity index (χ0v) is 15.5. The quantitative estimate of drug-likeness (QED) is 0.740. The van der Waals surface area contributed by atoms with Crippen LogP contribution in [-0.2, 0) is 19.4 Å². The standard InChI is InChI=1S/C18H21N3OS2/c1-10-5-6-13-14(8-10)24-18-15(13)17(22)20-16(21-18)11(2)19-9-12-4-3-7-23-12/h3-4,7,10-11,19H,5-6,8-9H2,1-2H3,(H,20,21,22)/t10-,11-/m1/s1. The summed E-state index contributed by atoms with van der Waals surface area (Å²) < 4.78 is 0. The number of hydrogen-bond donors (Lipinski definition) is 2. The van der Waals surface area contributed by atoms with Gasteiger partial charge in [-0.1, -0.05) is 13.0 Å². The van der Waals surface area contributed by atoms with Crippen LogP contribution in [0.3, 0.4) is 0 Å². The molecule has 0 amide bonds. The third kappa shape index (κ3) is 2.94. The third-order valence-electron chi connectivity index (χ3n) is 4.76. The number of hydrogen-bond acceptors (Lipinski definition) is 5. The molecule has 0 spiro atoms. The second-order valence-electron chi connectivity index (χ2n) is 6.67. The molecule has 0 aromatic carbocycles. The molecule has 1 aliphatic rings. The molecule has 4 rings (SSSR count). The molecule has 3 aromatic rings. The van der Waals surface area contributed by atoms with Gasteiger partial charge >= 0.3 is 0 Å². The van der Waals surface area contributed by atoms with Crippen molar-refractivity contribution in [3.05, 3.63) is 49.0 Å². The minimum atomic E-state index is 0.0160. The molecule has 2 N–H and O–H groups in total. The Bertz CT molecular complexity index is 910. The lowest BCUT2D eigenvalue weighted by molar-refractivity contribution is 0.509. The molecule has 0 fully saturated rings. The number of H-pyrrole nitrogens is 1. The molecule has 126 valence electrons. The molecule has 0 radical (unpaired) electrons. The SMILES string of the molecule is C[C@@H]1CCc2c(sc3nc([C@@H](C)NCc4cccs4)[nH]c(=O)c23)C1. The van der Waals surface area contributed by atoms with E-state index in [0.29, 0.717) is 5.92 Å². The van der Waals surface area contributed by atoms with Crippen LogP contribution in [0.15, 0.2) is 22.3 Å². The molecule has 1 aliphatic carbocycles. The second kappa shape index (κ2) is 6.43. The molecule has 3 aromatic heterocycles. The normalized spacial score (nSPS) is 18.7. The van der Waals surface area contributed by atoms with Gasteiger partial charge in [0.15, 0.2) is 0 Å². The summed E-state index contributed by atoms with van der Waals surface area (Å²) in [6.45, 7) is 5.12. The molecule has 2 atom stereocenters. The fourth-order valence-corrected chi connectivity index (χ4v) is 5.38. The van der Waals surface area contributed by atoms with E-state index in [1.165, 1.54) is 21.7 Å². The van der Waals surface area contributed by atoms with Crippen LogP contribution in [0, 0.1) is 5.92 Å². The van der Waals surface area contributed by atoms with E-state index in [2.05, 4.69) is 34.7 Å². The topological polar surface area (TPSA) is 57.8 Å². The Balaban J connectivity index is 1.64. The fraction of sp³-hybridized carbons (Fsp3) is 0.444. The minimum Gasteiger partial charge on any atom is -0.309 e. The summed E-state index contributed by atoms with van der Waals surface area (Å²) in [6.07, 6.45) is 3.25. The largest absolute Gasteiger partial charge is 0.309 e. The predicted molar refractivity (Wildman–Crippen MR) is 101 cm³/mol. The molecule has 0 unspecified atom stereocenters. The molecule has 24 heavy (non-hydrogen) atoms. The number of rotatable bonds is 4. The summed E-state index contributed by atoms with van der Waals surface area (Å²) in [5, 5.41) is 6.35. The van der Waals surface area contributed by atoms with Crippen molar-refractivity contribution in [3.63, 3.8) is 0 Å². The molecule has 0 aliphatic heterocycles. The van der Waals surface area contributed by atoms with Crippen LogP contribution in [0.2, 0.25) is 0 Å². The highest BCUT2D eigenvalue weighted by Crippen LogP contribution is 2.35. The lowest BCUT2D eigenvalue weighted by atomic mass is 9.89. The predicted octanol–water partition coefficient (Wildman–Crippen LogP) is 4.02. The number of nitrogens with one attached hydrogen (secondary N) is 2. The van der Waals surface area contributed by atoms with E-state index in [0.717, 1.165) is 35.4 Å². The molecular formula is C18H21N3OS2. The van der Waals surface area contributed by atoms with Gasteiger partial charge in [-0.2, -0.15) is 0 Å². The van der Waals surface area contributed by atoms with E-state index in [1.54, 1.807) is 22.7 Å². The summed E-state index contributed by atoms with van der Waals surface area (Å²) in [7, 11) is 0. The summed E-state index contributed by atoms with van der Waals surface area (Å²) in [5.74, 6) is 1.44. The van der Waals surface area contributed by atoms with Gasteiger partial charge < -0.3 is 10.3 Å². The summed E-state index contributed by atoms with van der Waals surface area (Å²) in [6, 6.07) is 4.18. The van der Waals surface area contributed by atoms with Crippen molar-refractivity contribution < 1.29 is 0 Å². The van der Waals surface area contributed by atoms with Gasteiger partial charge in [-0.05, 0) is 49.1 Å². The molecule has 6 heteroatoms. The van der Waals surface area contributed by atoms with Gasteiger partial charge in [0.1, 0.15) is 10.7 Å². The Morgan fingerprint density at radius 1 is 1.50 bits per heavy atom. The lowest BCUT2D eigenvalue weighted by Crippen LogP contribution is -2.23. The Morgan fingerprint density at radius 3 is 3.17 bits per heavy atom. The van der Waals surface area contributed by atoms with Gasteiger partial charge in [0.2, 0.25) is 0 Å². The van der Waals surface area contributed by atoms with Crippen LogP contribution in [0.25, 0.3) is 10.2 Å². The third-order valence-corrected chi connectivity index (χ3v) is 6.78. The average Bonchev–Trinajstić information content (AvgIpc) is 3.18. The van der Waals surface area contributed by atoms with Gasteiger partial charge in [-0.25, -0.2) is 4.98 Å². The molecule has 3 heterocycles. The molecular weight excluding hydrogens is 338 g/mol. The van der Waals surface area contributed by atoms with Crippen LogP contribution >= 0.6 is 22.7 Å². The zero-order valence-electron chi connectivity index (χ0n) is 13.9. The maximum Gasteiger partial charge on any atom is 0.259 e. The summed E-state index contributed by atoms with van der Waals surface area (Å²) in [5.41, 5.74) is 1.26. The van der Waals surface area contributed by atoms with Gasteiger partial charge in [0.25, 0.3) is 5.56 Å². The van der Waals surface area contributed by atoms with E-state index >= 15 is 0 Å². The first-order valence-corrected chi connectivity index (χ1v) is 10.1. The first-order chi connectivity index (χ1) is 11.6. The zero-order chi connectivity index (χ0) is 16.7. The van der Waals surface area contributed by atoms with E-state index in [4.69, 9.17) is 4.98 Å². The maximum absolute atomic E-state index is 12.6. The van der Waals surface area contributed by atoms with Crippen molar-refractivity contribution in [2.45, 2.75) is 45.7 Å². The van der Waals surface area contributed by atoms with Crippen molar-refractivity contribution >= 4 is 32.9 Å². The first-order valence-electron chi connectivity index (χ1n) is 8.42. The van der Waals surface area contributed by atoms with E-state index in [-0.39, 0.29) is 11.6 Å². The Hall–Kier alpha value is -1.50. The van der Waals surface area contributed by atoms with Crippen LogP contribution in [0.5, 0.6) is 0 Å². The Morgan fingerprint density at radius 2 is 2.38 bits per heavy atom. The number of aromatic amines is 1. The number of aryl methyl sites for hydroxylation is 1. The highest BCUT2D eigenvalue weighted by atomic mass is 32.1. The molecule has 4 nitrogen and oxygen atoms in total. The minimum absolute atomic E-state index is 0.0160. The molecule has 0 bridgehead atoms. The van der Waals surface area contributed by atoms with Crippen LogP contribution in [0.4, 0.5) is 0 Å². The van der Waals surface area contributed by atoms with Gasteiger partial charge in [-0.3, -0.25) is 4.79 Å². The van der Waals surface area contributed by atoms with Crippen LogP contribution < -0.4 is 10.9 Å². The average molecular weight is 360 g/mol. The van der Waals surface area contributed by atoms with E-state index < -0.39 is 0 Å². The second-order valence-corrected chi connectivity index (χ2v) is 8.78. The Kier molecular flexibility index (Phi) is 4.28. The summed E-state index contributed by atoms with van der Waals surface area (Å²) >= 11 is 3.44. The van der Waals surface area contributed by atoms with Crippen molar-refractivity contribution in [2.24, 2.45) is 5.92 Å². The van der Waals surface area contributed by atoms with Gasteiger partial charge in [0, 0.05) is 16.3 Å². The molecule has 0 saturated heterocycles. The van der Waals surface area contributed by atoms with Crippen molar-refractivity contribution in [2.75, 3.05) is 0 Å². The van der Waals surface area contributed by atoms with Crippen molar-refractivity contribution in [1.29, 1.82) is 0 Å². The van der Waals surface area contributed by atoms with Crippen LogP contribution in [-0.4, -0.2) is 9.97 Å². The van der Waals surface area contributed by atoms with E-state index in [1.807, 2.05) is 6.92 Å². The summed E-state index contributed by atoms with van der Waals surface area (Å²) in [4.78, 5) is 24.0. The maximum atomic E-state index is 12.6. The highest BCUT2D eigenvalue weighted by Gasteiger charge is 2.23. The monoisotopic (exact) mass is 359 g/mol. The van der Waals surface area contributed by atoms with Crippen molar-refractivity contribution in [1.82, 2.24) is 15.3 Å². The lowest BCUT2D eigenvalue weighted by Gasteiger charge is -2.17. The van der Waals surface area contributed by atoms with Gasteiger partial charge in [0.05, 0.1) is 11.4 Å². The van der Waals surface area contributed by atoms with Gasteiger partial charge in [-0.15, -0.1) is 22.7 Å². The highest BCUT2D eigenvalue weighted by molar-refractivity contribution is 7.18. The number of thiophene rings is 2. The fourth-order valence-electron chi connectivity index (χ4n) is 3.33. The first kappa shape index (κ1) is 16.0. The number of nitrogens with zero attached hydrogens (tertiary/aromatic N) is 1. The number of aromatic nitrogens is 2. The van der Waals surface area contributed by atoms with Crippen molar-refractivity contribution in [3.8, 4) is 0 Å². The Labute approximate surface area is 149 Å². The number of fused-ring (bicyclic) bond motifs is 3. The van der Waals surface area contributed by atoms with E-state index in [9.17, 15) is 4.79 Å².